The molecule has 0 aliphatic heterocycles. The molecule has 126 valence electrons. The first-order valence-corrected chi connectivity index (χ1v) is 7.14. The Bertz CT molecular complexity index is 795. The van der Waals surface area contributed by atoms with Gasteiger partial charge in [-0.3, -0.25) is 14.9 Å². The maximum atomic E-state index is 11.7. The number of hydrogen-bond acceptors (Lipinski definition) is 6. The van der Waals surface area contributed by atoms with E-state index < -0.39 is 16.7 Å². The fraction of sp³-hybridized carbons (Fsp3) is 0.250. The van der Waals surface area contributed by atoms with E-state index in [-0.39, 0.29) is 12.4 Å². The van der Waals surface area contributed by atoms with Crippen LogP contribution in [0.25, 0.3) is 0 Å². The third kappa shape index (κ3) is 4.19. The smallest absolute Gasteiger partial charge is 0.433 e. The average molecular weight is 331 g/mol. The third-order valence-corrected chi connectivity index (χ3v) is 3.39. The van der Waals surface area contributed by atoms with E-state index in [1.54, 1.807) is 0 Å². The number of rotatable bonds is 6. The molecule has 0 saturated heterocycles. The van der Waals surface area contributed by atoms with Crippen molar-refractivity contribution in [1.82, 2.24) is 5.43 Å². The molecule has 0 atom stereocenters. The van der Waals surface area contributed by atoms with E-state index in [0.29, 0.717) is 5.75 Å². The van der Waals surface area contributed by atoms with Crippen molar-refractivity contribution in [3.05, 3.63) is 56.8 Å². The van der Waals surface area contributed by atoms with Crippen LogP contribution in [0.2, 0.25) is 0 Å². The molecule has 8 nitrogen and oxygen atoms in total. The first-order valence-electron chi connectivity index (χ1n) is 7.14. The molecule has 0 unspecified atom stereocenters. The lowest BCUT2D eigenvalue weighted by atomic mass is 10.1. The van der Waals surface area contributed by atoms with Gasteiger partial charge in [0.1, 0.15) is 10.7 Å². The summed E-state index contributed by atoms with van der Waals surface area (Å²) in [5.74, 6) is -0.00630. The van der Waals surface area contributed by atoms with Crippen molar-refractivity contribution in [3.63, 3.8) is 0 Å². The van der Waals surface area contributed by atoms with Crippen LogP contribution in [0.1, 0.15) is 22.5 Å². The van der Waals surface area contributed by atoms with Crippen LogP contribution in [0.15, 0.2) is 33.8 Å². The summed E-state index contributed by atoms with van der Waals surface area (Å²) in [6.45, 7) is 5.61. The second-order valence-electron chi connectivity index (χ2n) is 5.17. The molecular formula is C16H17N3O5. The minimum atomic E-state index is -0.656. The zero-order valence-corrected chi connectivity index (χ0v) is 13.5. The Morgan fingerprint density at radius 2 is 2.00 bits per heavy atom. The van der Waals surface area contributed by atoms with Crippen LogP contribution in [0.5, 0.6) is 5.75 Å². The van der Waals surface area contributed by atoms with Gasteiger partial charge in [-0.25, -0.2) is 5.43 Å². The summed E-state index contributed by atoms with van der Waals surface area (Å²) in [6.07, 6.45) is 1.17. The number of nitrogens with zero attached hydrogens (tertiary/aromatic N) is 2. The average Bonchev–Trinajstić information content (AvgIpc) is 3.00. The van der Waals surface area contributed by atoms with Crippen LogP contribution in [0.3, 0.4) is 0 Å². The number of hydrazone groups is 1. The molecule has 2 rings (SSSR count). The summed E-state index contributed by atoms with van der Waals surface area (Å²) in [5, 5.41) is 14.1. The second kappa shape index (κ2) is 7.40. The molecule has 0 spiro atoms. The molecule has 1 heterocycles. The maximum Gasteiger partial charge on any atom is 0.433 e. The molecule has 0 saturated carbocycles. The predicted molar refractivity (Wildman–Crippen MR) is 87.2 cm³/mol. The Balaban J connectivity index is 1.88. The summed E-state index contributed by atoms with van der Waals surface area (Å²) in [4.78, 5) is 21.6. The van der Waals surface area contributed by atoms with E-state index >= 15 is 0 Å². The highest BCUT2D eigenvalue weighted by molar-refractivity contribution is 5.81. The fourth-order valence-electron chi connectivity index (χ4n) is 2.00. The summed E-state index contributed by atoms with van der Waals surface area (Å²) in [6, 6.07) is 6.50. The van der Waals surface area contributed by atoms with E-state index in [9.17, 15) is 14.9 Å². The summed E-state index contributed by atoms with van der Waals surface area (Å²) < 4.78 is 10.4. The van der Waals surface area contributed by atoms with Crippen molar-refractivity contribution in [2.75, 3.05) is 6.61 Å². The number of amides is 1. The van der Waals surface area contributed by atoms with Gasteiger partial charge in [0.2, 0.25) is 0 Å². The Morgan fingerprint density at radius 3 is 2.67 bits per heavy atom. The zero-order chi connectivity index (χ0) is 17.7. The van der Waals surface area contributed by atoms with Gasteiger partial charge in [-0.2, -0.15) is 5.10 Å². The van der Waals surface area contributed by atoms with Gasteiger partial charge in [0, 0.05) is 0 Å². The third-order valence-electron chi connectivity index (χ3n) is 3.39. The van der Waals surface area contributed by atoms with Crippen molar-refractivity contribution in [2.24, 2.45) is 5.10 Å². The SMILES string of the molecule is Cc1ccc(C)c(OCC(=O)N/N=C/c2ccc([N+](=O)[O-])o2)c1C. The number of carbonyl (C=O) groups excluding carboxylic acids is 1. The lowest BCUT2D eigenvalue weighted by molar-refractivity contribution is -0.402. The highest BCUT2D eigenvalue weighted by Gasteiger charge is 2.11. The standard InChI is InChI=1S/C16H17N3O5/c1-10-4-5-11(2)16(12(10)3)23-9-14(20)18-17-8-13-6-7-15(24-13)19(21)22/h4-8H,9H2,1-3H3,(H,18,20)/b17-8+. The van der Waals surface area contributed by atoms with E-state index in [4.69, 9.17) is 9.15 Å². The molecule has 0 aliphatic carbocycles. The number of carbonyl (C=O) groups is 1. The normalized spacial score (nSPS) is 10.8. The molecule has 0 bridgehead atoms. The van der Waals surface area contributed by atoms with Crippen molar-refractivity contribution in [1.29, 1.82) is 0 Å². The minimum Gasteiger partial charge on any atom is -0.483 e. The number of nitro groups is 1. The summed E-state index contributed by atoms with van der Waals surface area (Å²) in [5.41, 5.74) is 5.27. The number of nitrogens with one attached hydrogen (secondary N) is 1. The van der Waals surface area contributed by atoms with Crippen LogP contribution in [-0.2, 0) is 4.79 Å². The van der Waals surface area contributed by atoms with Crippen LogP contribution < -0.4 is 10.2 Å². The number of aryl methyl sites for hydroxylation is 2. The van der Waals surface area contributed by atoms with Crippen LogP contribution in [-0.4, -0.2) is 23.7 Å². The first-order chi connectivity index (χ1) is 11.4. The predicted octanol–water partition coefficient (Wildman–Crippen LogP) is 2.64. The van der Waals surface area contributed by atoms with Crippen molar-refractivity contribution in [3.8, 4) is 5.75 Å². The van der Waals surface area contributed by atoms with Crippen molar-refractivity contribution < 1.29 is 18.9 Å². The highest BCUT2D eigenvalue weighted by atomic mass is 16.6. The summed E-state index contributed by atoms with van der Waals surface area (Å²) in [7, 11) is 0. The Labute approximate surface area is 138 Å². The van der Waals surface area contributed by atoms with Gasteiger partial charge in [-0.1, -0.05) is 12.1 Å². The van der Waals surface area contributed by atoms with Crippen molar-refractivity contribution >= 4 is 18.0 Å². The monoisotopic (exact) mass is 331 g/mol. The van der Waals surface area contributed by atoms with Gasteiger partial charge in [-0.05, 0) is 43.5 Å². The van der Waals surface area contributed by atoms with Crippen molar-refractivity contribution in [2.45, 2.75) is 20.8 Å². The molecular weight excluding hydrogens is 314 g/mol. The molecule has 1 aromatic carbocycles. The second-order valence-corrected chi connectivity index (χ2v) is 5.17. The van der Waals surface area contributed by atoms with Gasteiger partial charge in [0.05, 0.1) is 12.3 Å². The molecule has 1 N–H and O–H groups in total. The molecule has 0 radical (unpaired) electrons. The van der Waals surface area contributed by atoms with Crippen LogP contribution in [0.4, 0.5) is 5.88 Å². The molecule has 2 aromatic rings. The fourth-order valence-corrected chi connectivity index (χ4v) is 2.00. The van der Waals surface area contributed by atoms with Gasteiger partial charge in [0.15, 0.2) is 12.4 Å². The maximum absolute atomic E-state index is 11.7. The Morgan fingerprint density at radius 1 is 1.29 bits per heavy atom. The molecule has 8 heteroatoms. The molecule has 1 amide bonds. The quantitative estimate of drug-likeness (QED) is 0.497. The number of furan rings is 1. The Hall–Kier alpha value is -3.16. The number of hydrogen-bond donors (Lipinski definition) is 1. The highest BCUT2D eigenvalue weighted by Crippen LogP contribution is 2.25. The van der Waals surface area contributed by atoms with Crippen LogP contribution >= 0.6 is 0 Å². The Kier molecular flexibility index (Phi) is 5.31. The lowest BCUT2D eigenvalue weighted by Gasteiger charge is -2.13. The first kappa shape index (κ1) is 17.2. The van der Waals surface area contributed by atoms with Gasteiger partial charge in [0.25, 0.3) is 5.91 Å². The minimum absolute atomic E-state index is 0.160. The topological polar surface area (TPSA) is 107 Å². The summed E-state index contributed by atoms with van der Waals surface area (Å²) >= 11 is 0. The van der Waals surface area contributed by atoms with Gasteiger partial charge >= 0.3 is 5.88 Å². The largest absolute Gasteiger partial charge is 0.483 e. The zero-order valence-electron chi connectivity index (χ0n) is 13.5. The lowest BCUT2D eigenvalue weighted by Crippen LogP contribution is -2.25. The van der Waals surface area contributed by atoms with Gasteiger partial charge in [-0.15, -0.1) is 0 Å². The van der Waals surface area contributed by atoms with Gasteiger partial charge < -0.3 is 9.15 Å². The molecule has 24 heavy (non-hydrogen) atoms. The van der Waals surface area contributed by atoms with E-state index in [1.165, 1.54) is 18.3 Å². The van der Waals surface area contributed by atoms with E-state index in [0.717, 1.165) is 16.7 Å². The van der Waals surface area contributed by atoms with Crippen LogP contribution in [0, 0.1) is 30.9 Å². The number of benzene rings is 1. The van der Waals surface area contributed by atoms with E-state index in [1.807, 2.05) is 32.9 Å². The number of ether oxygens (including phenoxy) is 1. The molecule has 0 aliphatic rings. The van der Waals surface area contributed by atoms with E-state index in [2.05, 4.69) is 10.5 Å². The molecule has 1 aromatic heterocycles. The molecule has 0 fully saturated rings.